The van der Waals surface area contributed by atoms with Gasteiger partial charge >= 0.3 is 0 Å². The normalized spacial score (nSPS) is 19.7. The number of ether oxygens (including phenoxy) is 1. The highest BCUT2D eigenvalue weighted by atomic mass is 19.2. The molecule has 14 heteroatoms. The molecule has 6 rings (SSSR count). The van der Waals surface area contributed by atoms with E-state index in [1.54, 1.807) is 45.5 Å². The predicted octanol–water partition coefficient (Wildman–Crippen LogP) is 2.70. The highest BCUT2D eigenvalue weighted by Gasteiger charge is 2.54. The summed E-state index contributed by atoms with van der Waals surface area (Å²) in [5.74, 6) is -4.59. The topological polar surface area (TPSA) is 145 Å². The Hall–Kier alpha value is -4.66. The summed E-state index contributed by atoms with van der Waals surface area (Å²) in [5, 5.41) is 27.3. The van der Waals surface area contributed by atoms with Gasteiger partial charge in [-0.2, -0.15) is 4.39 Å². The Morgan fingerprint density at radius 2 is 1.78 bits per heavy atom. The summed E-state index contributed by atoms with van der Waals surface area (Å²) in [5.41, 5.74) is 1.21. The number of carbonyl (C=O) groups is 2. The molecule has 46 heavy (non-hydrogen) atoms. The number of nitrogens with one attached hydrogen (secondary N) is 2. The molecule has 1 atom stereocenters. The third-order valence-corrected chi connectivity index (χ3v) is 9.03. The first-order valence-corrected chi connectivity index (χ1v) is 14.9. The lowest BCUT2D eigenvalue weighted by Gasteiger charge is -2.47. The standard InChI is InChI=1S/C32H35F2N7O5/c1-19-16-20(38-27-28-37-17-23(41(28)11-10-36-27)22-6-7-24(46-3)26(34)25(22)33)4-5-21(19)29(42)39-12-14-40(15-13-39)30(43)31(2)18-35-9-8-32(31,44)45/h4-7,10-11,16-17,35,44-45H,8-9,12-15,18H2,1-3H3,(H,36,38)/t31-/m0/s1. The van der Waals surface area contributed by atoms with Gasteiger partial charge in [-0.15, -0.1) is 0 Å². The minimum atomic E-state index is -2.11. The lowest BCUT2D eigenvalue weighted by molar-refractivity contribution is -0.248. The van der Waals surface area contributed by atoms with Crippen LogP contribution in [-0.2, 0) is 4.79 Å². The second-order valence-corrected chi connectivity index (χ2v) is 11.9. The van der Waals surface area contributed by atoms with Gasteiger partial charge in [0.25, 0.3) is 5.91 Å². The number of piperidine rings is 1. The van der Waals surface area contributed by atoms with E-state index in [1.807, 2.05) is 6.92 Å². The fourth-order valence-electron chi connectivity index (χ4n) is 6.11. The van der Waals surface area contributed by atoms with Crippen LogP contribution in [0.2, 0.25) is 0 Å². The number of imidazole rings is 1. The van der Waals surface area contributed by atoms with Crippen LogP contribution in [-0.4, -0.2) is 98.4 Å². The molecule has 0 radical (unpaired) electrons. The Kier molecular flexibility index (Phi) is 8.12. The Bertz CT molecular complexity index is 1820. The molecule has 4 aromatic rings. The number of piperazine rings is 1. The van der Waals surface area contributed by atoms with E-state index >= 15 is 0 Å². The van der Waals surface area contributed by atoms with E-state index in [0.29, 0.717) is 53.6 Å². The number of hydrogen-bond acceptors (Lipinski definition) is 9. The second-order valence-electron chi connectivity index (χ2n) is 11.9. The number of halogens is 2. The summed E-state index contributed by atoms with van der Waals surface area (Å²) < 4.78 is 35.7. The van der Waals surface area contributed by atoms with Crippen molar-refractivity contribution in [2.75, 3.05) is 51.7 Å². The quantitative estimate of drug-likeness (QED) is 0.235. The Labute approximate surface area is 263 Å². The zero-order valence-electron chi connectivity index (χ0n) is 25.7. The van der Waals surface area contributed by atoms with Gasteiger partial charge in [0.15, 0.2) is 28.8 Å². The molecule has 2 amide bonds. The lowest BCUT2D eigenvalue weighted by atomic mass is 9.75. The summed E-state index contributed by atoms with van der Waals surface area (Å²) in [4.78, 5) is 38.8. The first-order chi connectivity index (χ1) is 21.9. The number of anilines is 2. The van der Waals surface area contributed by atoms with Gasteiger partial charge in [0.2, 0.25) is 11.7 Å². The van der Waals surface area contributed by atoms with Crippen LogP contribution in [0.25, 0.3) is 16.9 Å². The number of hydrogen-bond donors (Lipinski definition) is 4. The number of aromatic nitrogens is 3. The predicted molar refractivity (Wildman–Crippen MR) is 165 cm³/mol. The van der Waals surface area contributed by atoms with Crippen molar-refractivity contribution in [3.63, 3.8) is 0 Å². The van der Waals surface area contributed by atoms with E-state index < -0.39 is 22.8 Å². The highest BCUT2D eigenvalue weighted by molar-refractivity contribution is 5.96. The summed E-state index contributed by atoms with van der Waals surface area (Å²) in [6.45, 7) is 5.13. The van der Waals surface area contributed by atoms with Gasteiger partial charge < -0.3 is 35.4 Å². The van der Waals surface area contributed by atoms with Crippen molar-refractivity contribution < 1.29 is 33.3 Å². The molecular weight excluding hydrogens is 600 g/mol. The summed E-state index contributed by atoms with van der Waals surface area (Å²) in [6.07, 6.45) is 4.60. The van der Waals surface area contributed by atoms with Crippen molar-refractivity contribution >= 4 is 29.0 Å². The summed E-state index contributed by atoms with van der Waals surface area (Å²) >= 11 is 0. The number of methoxy groups -OCH3 is 1. The van der Waals surface area contributed by atoms with E-state index in [-0.39, 0.29) is 49.2 Å². The van der Waals surface area contributed by atoms with E-state index in [2.05, 4.69) is 20.6 Å². The molecule has 0 spiro atoms. The third kappa shape index (κ3) is 5.31. The molecule has 0 saturated carbocycles. The number of aliphatic hydroxyl groups is 2. The minimum Gasteiger partial charge on any atom is -0.494 e. The van der Waals surface area contributed by atoms with Gasteiger partial charge in [0.1, 0.15) is 5.41 Å². The van der Waals surface area contributed by atoms with E-state index in [9.17, 15) is 28.6 Å². The van der Waals surface area contributed by atoms with Gasteiger partial charge in [-0.1, -0.05) is 0 Å². The molecule has 0 bridgehead atoms. The zero-order chi connectivity index (χ0) is 32.8. The van der Waals surface area contributed by atoms with Crippen molar-refractivity contribution in [3.8, 4) is 17.0 Å². The van der Waals surface area contributed by atoms with Crippen LogP contribution in [0.15, 0.2) is 48.9 Å². The third-order valence-electron chi connectivity index (χ3n) is 9.03. The van der Waals surface area contributed by atoms with Crippen molar-refractivity contribution in [1.82, 2.24) is 29.5 Å². The number of rotatable bonds is 6. The molecule has 242 valence electrons. The molecule has 0 aliphatic carbocycles. The SMILES string of the molecule is COc1ccc(-c2cnc3c(Nc4ccc(C(=O)N5CCN(C(=O)[C@]6(C)CNCCC6(O)O)CC5)c(C)c4)nccn23)c(F)c1F. The molecular formula is C32H35F2N7O5. The molecule has 4 heterocycles. The zero-order valence-corrected chi connectivity index (χ0v) is 25.7. The van der Waals surface area contributed by atoms with E-state index in [1.165, 1.54) is 31.6 Å². The minimum absolute atomic E-state index is 0.0157. The molecule has 2 aromatic carbocycles. The molecule has 2 fully saturated rings. The monoisotopic (exact) mass is 635 g/mol. The van der Waals surface area contributed by atoms with Crippen LogP contribution in [0.5, 0.6) is 5.75 Å². The molecule has 2 aliphatic heterocycles. The molecule has 4 N–H and O–H groups in total. The molecule has 2 aromatic heterocycles. The summed E-state index contributed by atoms with van der Waals surface area (Å²) in [6, 6.07) is 8.04. The van der Waals surface area contributed by atoms with E-state index in [4.69, 9.17) is 4.74 Å². The number of carbonyl (C=O) groups excluding carboxylic acids is 2. The van der Waals surface area contributed by atoms with Crippen molar-refractivity contribution in [2.45, 2.75) is 26.1 Å². The van der Waals surface area contributed by atoms with Crippen molar-refractivity contribution in [3.05, 3.63) is 71.7 Å². The van der Waals surface area contributed by atoms with Crippen LogP contribution in [0.3, 0.4) is 0 Å². The smallest absolute Gasteiger partial charge is 0.254 e. The molecule has 2 saturated heterocycles. The first-order valence-electron chi connectivity index (χ1n) is 14.9. The van der Waals surface area contributed by atoms with Crippen LogP contribution in [0.1, 0.15) is 29.3 Å². The fraction of sp³-hybridized carbons (Fsp3) is 0.375. The van der Waals surface area contributed by atoms with Crippen LogP contribution >= 0.6 is 0 Å². The summed E-state index contributed by atoms with van der Waals surface area (Å²) in [7, 11) is 1.26. The number of fused-ring (bicyclic) bond motifs is 1. The van der Waals surface area contributed by atoms with Gasteiger partial charge in [-0.3, -0.25) is 14.0 Å². The number of benzene rings is 2. The fourth-order valence-corrected chi connectivity index (χ4v) is 6.11. The molecule has 2 aliphatic rings. The van der Waals surface area contributed by atoms with Gasteiger partial charge in [0, 0.05) is 74.9 Å². The van der Waals surface area contributed by atoms with Crippen LogP contribution in [0, 0.1) is 24.0 Å². The lowest BCUT2D eigenvalue weighted by Crippen LogP contribution is -2.66. The Morgan fingerprint density at radius 3 is 2.48 bits per heavy atom. The van der Waals surface area contributed by atoms with Crippen LogP contribution < -0.4 is 15.4 Å². The maximum Gasteiger partial charge on any atom is 0.254 e. The maximum absolute atomic E-state index is 14.8. The van der Waals surface area contributed by atoms with E-state index in [0.717, 1.165) is 0 Å². The maximum atomic E-state index is 14.8. The number of nitrogens with zero attached hydrogens (tertiary/aromatic N) is 5. The number of aryl methyl sites for hydroxylation is 1. The average Bonchev–Trinajstić information content (AvgIpc) is 3.48. The Balaban J connectivity index is 1.15. The van der Waals surface area contributed by atoms with Crippen molar-refractivity contribution in [1.29, 1.82) is 0 Å². The molecule has 0 unspecified atom stereocenters. The largest absolute Gasteiger partial charge is 0.494 e. The Morgan fingerprint density at radius 1 is 1.04 bits per heavy atom. The van der Waals surface area contributed by atoms with Gasteiger partial charge in [-0.05, 0) is 49.7 Å². The van der Waals surface area contributed by atoms with Gasteiger partial charge in [0.05, 0.1) is 19.0 Å². The molecule has 12 nitrogen and oxygen atoms in total. The van der Waals surface area contributed by atoms with Gasteiger partial charge in [-0.25, -0.2) is 14.4 Å². The van der Waals surface area contributed by atoms with Crippen LogP contribution in [0.4, 0.5) is 20.3 Å². The first kappa shape index (κ1) is 31.3. The highest BCUT2D eigenvalue weighted by Crippen LogP contribution is 2.36. The second kappa shape index (κ2) is 11.9. The average molecular weight is 636 g/mol. The van der Waals surface area contributed by atoms with Crippen molar-refractivity contribution in [2.24, 2.45) is 5.41 Å². The number of amides is 2.